The van der Waals surface area contributed by atoms with E-state index in [0.29, 0.717) is 20.4 Å². The number of carboxylic acids is 1. The molecule has 3 amide bonds. The summed E-state index contributed by atoms with van der Waals surface area (Å²) in [5, 5.41) is 10.7. The standard InChI is InChI=1S/C25H18F3N3O7S2/c26-25(27,28)12-6-2-3-7-13(12)29-15(32)10-38-14-8-4-1-5-11(14)17-18-20(39-21-19(17)40-24(37)30-21)23(36)31(22(18)35)9-16(33)34/h1-8,17-18,20H,9-10H2,(H,29,32)(H,30,37)(H,33,34)/t17-,18?,20?/m0/s1. The Morgan fingerprint density at radius 2 is 1.75 bits per heavy atom. The lowest BCUT2D eigenvalue weighted by Gasteiger charge is -2.30. The number of carbonyl (C=O) groups excluding carboxylic acids is 3. The van der Waals surface area contributed by atoms with Crippen LogP contribution in [0.25, 0.3) is 0 Å². The molecular weight excluding hydrogens is 575 g/mol. The second-order valence-electron chi connectivity index (χ2n) is 8.82. The normalized spacial score (nSPS) is 20.2. The maximum absolute atomic E-state index is 13.3. The number of alkyl halides is 3. The monoisotopic (exact) mass is 593 g/mol. The maximum atomic E-state index is 13.3. The number of imide groups is 1. The van der Waals surface area contributed by atoms with Gasteiger partial charge in [0, 0.05) is 16.4 Å². The summed E-state index contributed by atoms with van der Waals surface area (Å²) < 4.78 is 45.6. The number of nitrogens with zero attached hydrogens (tertiary/aromatic N) is 1. The largest absolute Gasteiger partial charge is 0.483 e. The molecule has 2 unspecified atom stereocenters. The fourth-order valence-corrected chi connectivity index (χ4v) is 7.27. The molecule has 10 nitrogen and oxygen atoms in total. The lowest BCUT2D eigenvalue weighted by atomic mass is 9.82. The number of aromatic nitrogens is 1. The van der Waals surface area contributed by atoms with Gasteiger partial charge in [-0.1, -0.05) is 53.4 Å². The number of benzene rings is 2. The number of ether oxygens (including phenoxy) is 1. The van der Waals surface area contributed by atoms with Crippen molar-refractivity contribution in [2.75, 3.05) is 18.5 Å². The van der Waals surface area contributed by atoms with Gasteiger partial charge in [0.05, 0.1) is 22.2 Å². The van der Waals surface area contributed by atoms with E-state index in [0.717, 1.165) is 35.2 Å². The number of rotatable bonds is 7. The van der Waals surface area contributed by atoms with Crippen molar-refractivity contribution in [3.05, 3.63) is 74.2 Å². The van der Waals surface area contributed by atoms with Gasteiger partial charge >= 0.3 is 17.0 Å². The van der Waals surface area contributed by atoms with Crippen LogP contribution in [0, 0.1) is 5.92 Å². The van der Waals surface area contributed by atoms with E-state index >= 15 is 0 Å². The van der Waals surface area contributed by atoms with Crippen LogP contribution >= 0.6 is 23.1 Å². The second kappa shape index (κ2) is 10.5. The van der Waals surface area contributed by atoms with Crippen molar-refractivity contribution >= 4 is 52.5 Å². The molecule has 3 atom stereocenters. The summed E-state index contributed by atoms with van der Waals surface area (Å²) >= 11 is 1.80. The molecule has 2 aliphatic rings. The Kier molecular flexibility index (Phi) is 7.18. The molecule has 3 heterocycles. The molecule has 3 aromatic rings. The summed E-state index contributed by atoms with van der Waals surface area (Å²) in [7, 11) is 0. The molecule has 0 saturated carbocycles. The van der Waals surface area contributed by atoms with E-state index in [2.05, 4.69) is 10.3 Å². The third-order valence-corrected chi connectivity index (χ3v) is 8.73. The number of anilines is 1. The van der Waals surface area contributed by atoms with Crippen LogP contribution < -0.4 is 14.9 Å². The number of aliphatic carboxylic acids is 1. The highest BCUT2D eigenvalue weighted by Gasteiger charge is 2.56. The van der Waals surface area contributed by atoms with Crippen molar-refractivity contribution in [1.29, 1.82) is 0 Å². The quantitative estimate of drug-likeness (QED) is 0.354. The Morgan fingerprint density at radius 3 is 2.48 bits per heavy atom. The first-order valence-electron chi connectivity index (χ1n) is 11.6. The van der Waals surface area contributed by atoms with Crippen LogP contribution in [-0.2, 0) is 25.4 Å². The minimum Gasteiger partial charge on any atom is -0.483 e. The van der Waals surface area contributed by atoms with Gasteiger partial charge in [0.2, 0.25) is 11.8 Å². The number of hydrogen-bond acceptors (Lipinski definition) is 8. The van der Waals surface area contributed by atoms with Gasteiger partial charge in [-0.25, -0.2) is 0 Å². The van der Waals surface area contributed by atoms with Crippen molar-refractivity contribution < 1.29 is 42.2 Å². The number of likely N-dealkylation sites (tertiary alicyclic amines) is 1. The molecule has 1 aromatic heterocycles. The van der Waals surface area contributed by atoms with Gasteiger partial charge in [0.1, 0.15) is 17.5 Å². The Balaban J connectivity index is 1.45. The average Bonchev–Trinajstić information content (AvgIpc) is 3.37. The van der Waals surface area contributed by atoms with E-state index in [-0.39, 0.29) is 5.75 Å². The molecule has 0 radical (unpaired) electrons. The van der Waals surface area contributed by atoms with Crippen LogP contribution in [0.15, 0.2) is 58.4 Å². The first-order chi connectivity index (χ1) is 19.0. The van der Waals surface area contributed by atoms with Gasteiger partial charge in [-0.15, -0.1) is 0 Å². The average molecular weight is 594 g/mol. The summed E-state index contributed by atoms with van der Waals surface area (Å²) in [5.74, 6) is -5.54. The lowest BCUT2D eigenvalue weighted by Crippen LogP contribution is -2.36. The molecule has 3 N–H and O–H groups in total. The number of fused-ring (bicyclic) bond motifs is 2. The zero-order valence-electron chi connectivity index (χ0n) is 20.1. The third kappa shape index (κ3) is 5.09. The van der Waals surface area contributed by atoms with Crippen molar-refractivity contribution in [3.8, 4) is 5.75 Å². The highest BCUT2D eigenvalue weighted by atomic mass is 32.2. The van der Waals surface area contributed by atoms with Gasteiger partial charge in [-0.3, -0.25) is 28.9 Å². The molecule has 0 aliphatic carbocycles. The van der Waals surface area contributed by atoms with Crippen molar-refractivity contribution in [3.63, 3.8) is 0 Å². The summed E-state index contributed by atoms with van der Waals surface area (Å²) in [6.45, 7) is -1.51. The Labute approximate surface area is 231 Å². The van der Waals surface area contributed by atoms with Crippen molar-refractivity contribution in [1.82, 2.24) is 9.88 Å². The van der Waals surface area contributed by atoms with Crippen molar-refractivity contribution in [2.45, 2.75) is 22.4 Å². The van der Waals surface area contributed by atoms with E-state index in [9.17, 15) is 42.3 Å². The van der Waals surface area contributed by atoms with Gasteiger partial charge in [-0.05, 0) is 18.2 Å². The number of carbonyl (C=O) groups is 4. The van der Waals surface area contributed by atoms with Crippen LogP contribution in [0.3, 0.4) is 0 Å². The summed E-state index contributed by atoms with van der Waals surface area (Å²) in [4.78, 5) is 65.8. The van der Waals surface area contributed by atoms with E-state index in [1.165, 1.54) is 18.2 Å². The molecule has 1 saturated heterocycles. The van der Waals surface area contributed by atoms with Gasteiger partial charge in [-0.2, -0.15) is 13.2 Å². The minimum atomic E-state index is -4.69. The molecule has 2 aliphatic heterocycles. The predicted octanol–water partition coefficient (Wildman–Crippen LogP) is 3.15. The maximum Gasteiger partial charge on any atom is 0.418 e. The van der Waals surface area contributed by atoms with Crippen LogP contribution in [0.2, 0.25) is 0 Å². The second-order valence-corrected chi connectivity index (χ2v) is 11.0. The van der Waals surface area contributed by atoms with E-state index in [4.69, 9.17) is 4.74 Å². The number of halogens is 3. The number of amides is 3. The third-order valence-electron chi connectivity index (χ3n) is 6.33. The predicted molar refractivity (Wildman–Crippen MR) is 136 cm³/mol. The van der Waals surface area contributed by atoms with Crippen LogP contribution in [0.4, 0.5) is 18.9 Å². The number of thiazole rings is 1. The molecule has 0 spiro atoms. The molecule has 5 rings (SSSR count). The topological polar surface area (TPSA) is 146 Å². The molecule has 0 bridgehead atoms. The summed E-state index contributed by atoms with van der Waals surface area (Å²) in [6.07, 6.45) is -4.69. The molecule has 208 valence electrons. The number of thioether (sulfide) groups is 1. The Hall–Kier alpha value is -4.11. The summed E-state index contributed by atoms with van der Waals surface area (Å²) in [5.41, 5.74) is -1.13. The van der Waals surface area contributed by atoms with Gasteiger partial charge in [0.15, 0.2) is 6.61 Å². The van der Waals surface area contributed by atoms with Crippen molar-refractivity contribution in [2.24, 2.45) is 5.92 Å². The highest BCUT2D eigenvalue weighted by Crippen LogP contribution is 2.53. The van der Waals surface area contributed by atoms with Gasteiger partial charge in [0.25, 0.3) is 5.91 Å². The number of carboxylic acid groups (broad SMARTS) is 1. The first-order valence-corrected chi connectivity index (χ1v) is 13.3. The smallest absolute Gasteiger partial charge is 0.418 e. The van der Waals surface area contributed by atoms with Gasteiger partial charge < -0.3 is 20.1 Å². The summed E-state index contributed by atoms with van der Waals surface area (Å²) in [6, 6.07) is 10.7. The molecule has 1 fully saturated rings. The fourth-order valence-electron chi connectivity index (χ4n) is 4.74. The highest BCUT2D eigenvalue weighted by molar-refractivity contribution is 8.00. The van der Waals surface area contributed by atoms with E-state index < -0.39 is 76.2 Å². The number of nitrogens with one attached hydrogen (secondary N) is 2. The number of aromatic amines is 1. The van der Waals surface area contributed by atoms with Crippen LogP contribution in [0.5, 0.6) is 5.75 Å². The number of hydrogen-bond donors (Lipinski definition) is 3. The Morgan fingerprint density at radius 1 is 1.05 bits per heavy atom. The number of H-pyrrole nitrogens is 1. The molecular formula is C25H18F3N3O7S2. The first kappa shape index (κ1) is 27.5. The van der Waals surface area contributed by atoms with Crippen LogP contribution in [-0.4, -0.2) is 57.1 Å². The molecule has 2 aromatic carbocycles. The Bertz CT molecular complexity index is 1590. The molecule has 40 heavy (non-hydrogen) atoms. The lowest BCUT2D eigenvalue weighted by molar-refractivity contribution is -0.149. The zero-order valence-corrected chi connectivity index (χ0v) is 21.7. The zero-order chi connectivity index (χ0) is 28.8. The van der Waals surface area contributed by atoms with E-state index in [1.54, 1.807) is 18.2 Å². The number of para-hydroxylation sites is 2. The minimum absolute atomic E-state index is 0.0983. The fraction of sp³-hybridized carbons (Fsp3) is 0.240. The van der Waals surface area contributed by atoms with Crippen LogP contribution in [0.1, 0.15) is 21.9 Å². The molecule has 15 heteroatoms. The SMILES string of the molecule is O=C(O)CN1C(=O)C2Sc3[nH]c(=O)sc3[C@@H](c3ccccc3OCC(=O)Nc3ccccc3C(F)(F)F)C2C1=O. The van der Waals surface area contributed by atoms with E-state index in [1.807, 2.05) is 0 Å².